The van der Waals surface area contributed by atoms with Gasteiger partial charge in [-0.2, -0.15) is 9.78 Å². The quantitative estimate of drug-likeness (QED) is 0.662. The minimum absolute atomic E-state index is 0.502. The third-order valence-corrected chi connectivity index (χ3v) is 2.24. The van der Waals surface area contributed by atoms with Crippen LogP contribution >= 0.6 is 0 Å². The second kappa shape index (κ2) is 3.27. The van der Waals surface area contributed by atoms with Gasteiger partial charge in [0, 0.05) is 11.1 Å². The third-order valence-electron chi connectivity index (χ3n) is 2.24. The van der Waals surface area contributed by atoms with E-state index in [4.69, 9.17) is 5.73 Å². The zero-order chi connectivity index (χ0) is 11.0. The highest BCUT2D eigenvalue weighted by molar-refractivity contribution is 5.91. The molecule has 1 aromatic heterocycles. The van der Waals surface area contributed by atoms with E-state index in [9.17, 15) is 4.79 Å². The first-order valence-corrected chi connectivity index (χ1v) is 4.46. The van der Waals surface area contributed by atoms with Crippen molar-refractivity contribution in [1.29, 1.82) is 0 Å². The molecule has 0 aliphatic carbocycles. The lowest BCUT2D eigenvalue weighted by Gasteiger charge is -1.99. The van der Waals surface area contributed by atoms with Gasteiger partial charge in [-0.05, 0) is 25.1 Å². The fraction of sp³-hybridized carbons (Fsp3) is 0.200. The molecule has 1 heterocycles. The van der Waals surface area contributed by atoms with E-state index >= 15 is 0 Å². The van der Waals surface area contributed by atoms with Crippen LogP contribution < -0.4 is 5.73 Å². The molecule has 2 N–H and O–H groups in total. The van der Waals surface area contributed by atoms with Crippen LogP contribution in [0.1, 0.15) is 5.69 Å². The van der Waals surface area contributed by atoms with Gasteiger partial charge >= 0.3 is 6.09 Å². The maximum Gasteiger partial charge on any atom is 0.434 e. The largest absolute Gasteiger partial charge is 0.451 e. The van der Waals surface area contributed by atoms with Crippen molar-refractivity contribution < 1.29 is 9.53 Å². The smallest absolute Gasteiger partial charge is 0.434 e. The predicted molar refractivity (Wildman–Crippen MR) is 56.7 cm³/mol. The number of nitrogen functional groups attached to an aromatic ring is 1. The third kappa shape index (κ3) is 1.41. The fourth-order valence-electron chi connectivity index (χ4n) is 1.51. The van der Waals surface area contributed by atoms with Gasteiger partial charge in [-0.25, -0.2) is 4.79 Å². The number of carbonyl (C=O) groups excluding carboxylic acids is 1. The molecule has 0 saturated carbocycles. The van der Waals surface area contributed by atoms with Gasteiger partial charge < -0.3 is 10.5 Å². The molecule has 0 aliphatic heterocycles. The molecule has 0 spiro atoms. The van der Waals surface area contributed by atoms with Crippen molar-refractivity contribution in [3.63, 3.8) is 0 Å². The normalized spacial score (nSPS) is 10.5. The lowest BCUT2D eigenvalue weighted by Crippen LogP contribution is -2.12. The van der Waals surface area contributed by atoms with Crippen molar-refractivity contribution in [2.75, 3.05) is 12.8 Å². The standard InChI is InChI=1S/C10H11N3O2/c1-6-8-5-7(11)3-4-9(8)13(12-6)10(14)15-2/h3-5H,11H2,1-2H3. The van der Waals surface area contributed by atoms with Gasteiger partial charge in [-0.3, -0.25) is 0 Å². The van der Waals surface area contributed by atoms with Gasteiger partial charge in [0.1, 0.15) is 0 Å². The molecule has 0 bridgehead atoms. The van der Waals surface area contributed by atoms with Crippen molar-refractivity contribution in [3.8, 4) is 0 Å². The van der Waals surface area contributed by atoms with E-state index in [1.807, 2.05) is 6.92 Å². The van der Waals surface area contributed by atoms with Crippen molar-refractivity contribution in [2.45, 2.75) is 6.92 Å². The van der Waals surface area contributed by atoms with E-state index in [1.165, 1.54) is 11.8 Å². The van der Waals surface area contributed by atoms with Gasteiger partial charge in [0.05, 0.1) is 18.3 Å². The Morgan fingerprint density at radius 3 is 2.93 bits per heavy atom. The maximum atomic E-state index is 11.4. The Balaban J connectivity index is 2.73. The Kier molecular flexibility index (Phi) is 2.07. The Morgan fingerprint density at radius 2 is 2.27 bits per heavy atom. The number of fused-ring (bicyclic) bond motifs is 1. The Morgan fingerprint density at radius 1 is 1.53 bits per heavy atom. The zero-order valence-electron chi connectivity index (χ0n) is 8.52. The number of anilines is 1. The van der Waals surface area contributed by atoms with Crippen LogP contribution in [0.25, 0.3) is 10.9 Å². The van der Waals surface area contributed by atoms with Crippen LogP contribution in [0.5, 0.6) is 0 Å². The average Bonchev–Trinajstić information content (AvgIpc) is 2.55. The molecular formula is C10H11N3O2. The summed E-state index contributed by atoms with van der Waals surface area (Å²) in [5.41, 5.74) is 7.76. The molecule has 0 amide bonds. The van der Waals surface area contributed by atoms with Crippen LogP contribution in [0.2, 0.25) is 0 Å². The van der Waals surface area contributed by atoms with Gasteiger partial charge in [-0.15, -0.1) is 0 Å². The molecule has 0 saturated heterocycles. The Bertz CT molecular complexity index is 531. The first-order chi connectivity index (χ1) is 7.13. The number of aromatic nitrogens is 2. The molecule has 78 valence electrons. The van der Waals surface area contributed by atoms with Crippen LogP contribution in [0.15, 0.2) is 18.2 Å². The monoisotopic (exact) mass is 205 g/mol. The van der Waals surface area contributed by atoms with E-state index in [0.717, 1.165) is 11.1 Å². The molecule has 0 aliphatic rings. The summed E-state index contributed by atoms with van der Waals surface area (Å²) in [7, 11) is 1.32. The number of nitrogens with two attached hydrogens (primary N) is 1. The summed E-state index contributed by atoms with van der Waals surface area (Å²) in [6, 6.07) is 5.27. The zero-order valence-corrected chi connectivity index (χ0v) is 8.52. The first-order valence-electron chi connectivity index (χ1n) is 4.46. The minimum atomic E-state index is -0.502. The number of rotatable bonds is 0. The average molecular weight is 205 g/mol. The van der Waals surface area contributed by atoms with Crippen LogP contribution in [-0.2, 0) is 4.74 Å². The molecule has 0 radical (unpaired) electrons. The highest BCUT2D eigenvalue weighted by Crippen LogP contribution is 2.20. The SMILES string of the molecule is COC(=O)n1nc(C)c2cc(N)ccc21. The van der Waals surface area contributed by atoms with E-state index in [2.05, 4.69) is 9.84 Å². The fourth-order valence-corrected chi connectivity index (χ4v) is 1.51. The number of ether oxygens (including phenoxy) is 1. The summed E-state index contributed by atoms with van der Waals surface area (Å²) >= 11 is 0. The number of hydrogen-bond acceptors (Lipinski definition) is 4. The summed E-state index contributed by atoms with van der Waals surface area (Å²) in [6.45, 7) is 1.82. The molecule has 2 aromatic rings. The molecule has 0 unspecified atom stereocenters. The molecule has 15 heavy (non-hydrogen) atoms. The maximum absolute atomic E-state index is 11.4. The van der Waals surface area contributed by atoms with Crippen LogP contribution in [-0.4, -0.2) is 23.0 Å². The van der Waals surface area contributed by atoms with Crippen molar-refractivity contribution >= 4 is 22.7 Å². The van der Waals surface area contributed by atoms with E-state index in [-0.39, 0.29) is 0 Å². The highest BCUT2D eigenvalue weighted by Gasteiger charge is 2.13. The predicted octanol–water partition coefficient (Wildman–Crippen LogP) is 1.54. The molecule has 5 nitrogen and oxygen atoms in total. The first kappa shape index (κ1) is 9.51. The summed E-state index contributed by atoms with van der Waals surface area (Å²) in [5, 5.41) is 4.95. The second-order valence-corrected chi connectivity index (χ2v) is 3.24. The number of aryl methyl sites for hydroxylation is 1. The number of hydrogen-bond donors (Lipinski definition) is 1. The summed E-state index contributed by atoms with van der Waals surface area (Å²) < 4.78 is 5.84. The van der Waals surface area contributed by atoms with E-state index in [0.29, 0.717) is 11.2 Å². The van der Waals surface area contributed by atoms with E-state index in [1.54, 1.807) is 18.2 Å². The molecule has 2 rings (SSSR count). The van der Waals surface area contributed by atoms with Gasteiger partial charge in [0.2, 0.25) is 0 Å². The summed E-state index contributed by atoms with van der Waals surface area (Å²) in [6.07, 6.45) is -0.502. The molecule has 5 heteroatoms. The number of carbonyl (C=O) groups is 1. The van der Waals surface area contributed by atoms with E-state index < -0.39 is 6.09 Å². The van der Waals surface area contributed by atoms with Crippen molar-refractivity contribution in [2.24, 2.45) is 0 Å². The molecule has 0 atom stereocenters. The summed E-state index contributed by atoms with van der Waals surface area (Å²) in [4.78, 5) is 11.4. The van der Waals surface area contributed by atoms with Gasteiger partial charge in [0.15, 0.2) is 0 Å². The molecule has 1 aromatic carbocycles. The number of nitrogens with zero attached hydrogens (tertiary/aromatic N) is 2. The minimum Gasteiger partial charge on any atom is -0.451 e. The topological polar surface area (TPSA) is 70.1 Å². The van der Waals surface area contributed by atoms with Crippen LogP contribution in [0.3, 0.4) is 0 Å². The number of methoxy groups -OCH3 is 1. The lowest BCUT2D eigenvalue weighted by molar-refractivity contribution is 0.170. The van der Waals surface area contributed by atoms with Crippen molar-refractivity contribution in [1.82, 2.24) is 9.78 Å². The van der Waals surface area contributed by atoms with Crippen LogP contribution in [0.4, 0.5) is 10.5 Å². The molecular weight excluding hydrogens is 194 g/mol. The lowest BCUT2D eigenvalue weighted by atomic mass is 10.2. The summed E-state index contributed by atoms with van der Waals surface area (Å²) in [5.74, 6) is 0. The van der Waals surface area contributed by atoms with Crippen molar-refractivity contribution in [3.05, 3.63) is 23.9 Å². The number of benzene rings is 1. The molecule has 0 fully saturated rings. The second-order valence-electron chi connectivity index (χ2n) is 3.24. The Hall–Kier alpha value is -2.04. The van der Waals surface area contributed by atoms with Gasteiger partial charge in [0.25, 0.3) is 0 Å². The van der Waals surface area contributed by atoms with Crippen LogP contribution in [0, 0.1) is 6.92 Å². The Labute approximate surface area is 86.4 Å². The van der Waals surface area contributed by atoms with Gasteiger partial charge in [-0.1, -0.05) is 0 Å². The highest BCUT2D eigenvalue weighted by atomic mass is 16.5.